The minimum absolute atomic E-state index is 0.155. The second-order valence-electron chi connectivity index (χ2n) is 5.58. The van der Waals surface area contributed by atoms with Crippen molar-refractivity contribution < 1.29 is 22.2 Å². The molecule has 0 spiro atoms. The number of aryl methyl sites for hydroxylation is 1. The third-order valence-corrected chi connectivity index (χ3v) is 5.00. The van der Waals surface area contributed by atoms with Crippen LogP contribution in [0.5, 0.6) is 0 Å². The third kappa shape index (κ3) is 3.34. The molecule has 0 radical (unpaired) electrons. The highest BCUT2D eigenvalue weighted by Gasteiger charge is 2.22. The Balaban J connectivity index is 1.90. The molecule has 0 unspecified atom stereocenters. The number of hydrogen-bond acceptors (Lipinski definition) is 6. The van der Waals surface area contributed by atoms with Crippen LogP contribution in [0.3, 0.4) is 0 Å². The minimum atomic E-state index is -3.94. The molecule has 25 heavy (non-hydrogen) atoms. The number of carbonyl (C=O) groups is 1. The first-order valence-corrected chi connectivity index (χ1v) is 8.93. The Morgan fingerprint density at radius 2 is 1.92 bits per heavy atom. The van der Waals surface area contributed by atoms with Crippen molar-refractivity contribution in [3.05, 3.63) is 53.2 Å². The van der Waals surface area contributed by atoms with Crippen molar-refractivity contribution in [2.24, 2.45) is 0 Å². The number of hydrogen-bond donors (Lipinski definition) is 1. The van der Waals surface area contributed by atoms with E-state index in [4.69, 9.17) is 8.94 Å². The van der Waals surface area contributed by atoms with Crippen LogP contribution in [0.1, 0.15) is 28.5 Å². The molecule has 7 nitrogen and oxygen atoms in total. The van der Waals surface area contributed by atoms with Gasteiger partial charge in [-0.15, -0.1) is 0 Å². The van der Waals surface area contributed by atoms with Crippen LogP contribution in [-0.4, -0.2) is 19.4 Å². The normalized spacial score (nSPS) is 11.5. The average Bonchev–Trinajstić information content (AvgIpc) is 3.16. The van der Waals surface area contributed by atoms with Gasteiger partial charge in [0.1, 0.15) is 0 Å². The lowest BCUT2D eigenvalue weighted by molar-refractivity contribution is 0.101. The van der Waals surface area contributed by atoms with Gasteiger partial charge in [0.05, 0.1) is 5.69 Å². The van der Waals surface area contributed by atoms with Crippen LogP contribution in [0, 0.1) is 13.8 Å². The molecule has 0 atom stereocenters. The zero-order valence-corrected chi connectivity index (χ0v) is 14.7. The number of Topliss-reactive ketones (excluding diaryl/α,β-unsaturated/α-hetero) is 1. The SMILES string of the molecule is CC(=O)c1cccc(NS(=O)(=O)c2ccc(-c3onc(C)c3C)o2)c1. The molecule has 8 heteroatoms. The van der Waals surface area contributed by atoms with Crippen LogP contribution in [-0.2, 0) is 10.0 Å². The summed E-state index contributed by atoms with van der Waals surface area (Å²) in [7, 11) is -3.94. The van der Waals surface area contributed by atoms with E-state index in [9.17, 15) is 13.2 Å². The fourth-order valence-electron chi connectivity index (χ4n) is 2.24. The molecular formula is C17H16N2O5S. The van der Waals surface area contributed by atoms with Gasteiger partial charge < -0.3 is 8.94 Å². The molecule has 1 N–H and O–H groups in total. The molecule has 2 aromatic heterocycles. The smallest absolute Gasteiger partial charge is 0.295 e. The number of rotatable bonds is 5. The summed E-state index contributed by atoms with van der Waals surface area (Å²) in [6.07, 6.45) is 0. The molecule has 0 aliphatic rings. The lowest BCUT2D eigenvalue weighted by Crippen LogP contribution is -2.12. The third-order valence-electron chi connectivity index (χ3n) is 3.75. The van der Waals surface area contributed by atoms with Gasteiger partial charge in [-0.3, -0.25) is 9.52 Å². The molecule has 1 aromatic carbocycles. The predicted octanol–water partition coefficient (Wildman–Crippen LogP) is 3.55. The predicted molar refractivity (Wildman–Crippen MR) is 90.9 cm³/mol. The molecule has 0 saturated carbocycles. The Morgan fingerprint density at radius 3 is 2.56 bits per heavy atom. The first-order valence-electron chi connectivity index (χ1n) is 7.45. The molecule has 3 rings (SSSR count). The highest BCUT2D eigenvalue weighted by atomic mass is 32.2. The Morgan fingerprint density at radius 1 is 1.16 bits per heavy atom. The summed E-state index contributed by atoms with van der Waals surface area (Å²) in [5.41, 5.74) is 2.17. The standard InChI is InChI=1S/C17H16N2O5S/c1-10-11(2)18-24-17(10)15-7-8-16(23-15)25(21,22)19-14-6-4-5-13(9-14)12(3)20/h4-9,19H,1-3H3. The largest absolute Gasteiger partial charge is 0.439 e. The molecule has 0 aliphatic heterocycles. The number of aromatic nitrogens is 1. The van der Waals surface area contributed by atoms with Crippen molar-refractivity contribution in [3.8, 4) is 11.5 Å². The maximum absolute atomic E-state index is 12.5. The number of furan rings is 1. The minimum Gasteiger partial charge on any atom is -0.439 e. The van der Waals surface area contributed by atoms with E-state index >= 15 is 0 Å². The maximum atomic E-state index is 12.5. The summed E-state index contributed by atoms with van der Waals surface area (Å²) in [6.45, 7) is 5.00. The van der Waals surface area contributed by atoms with E-state index in [1.54, 1.807) is 25.1 Å². The molecular weight excluding hydrogens is 344 g/mol. The Hall–Kier alpha value is -2.87. The van der Waals surface area contributed by atoms with E-state index in [1.807, 2.05) is 6.92 Å². The van der Waals surface area contributed by atoms with Crippen LogP contribution in [0.15, 0.2) is 50.4 Å². The van der Waals surface area contributed by atoms with Gasteiger partial charge in [0.25, 0.3) is 10.0 Å². The van der Waals surface area contributed by atoms with Gasteiger partial charge in [-0.1, -0.05) is 17.3 Å². The van der Waals surface area contributed by atoms with Crippen molar-refractivity contribution in [1.29, 1.82) is 0 Å². The first-order chi connectivity index (χ1) is 11.8. The van der Waals surface area contributed by atoms with Crippen LogP contribution >= 0.6 is 0 Å². The highest BCUT2D eigenvalue weighted by molar-refractivity contribution is 7.92. The summed E-state index contributed by atoms with van der Waals surface area (Å²) in [4.78, 5) is 11.4. The van der Waals surface area contributed by atoms with E-state index in [0.717, 1.165) is 5.56 Å². The number of ketones is 1. The number of nitrogens with zero attached hydrogens (tertiary/aromatic N) is 1. The van der Waals surface area contributed by atoms with Gasteiger partial charge in [-0.2, -0.15) is 8.42 Å². The van der Waals surface area contributed by atoms with E-state index in [0.29, 0.717) is 17.0 Å². The van der Waals surface area contributed by atoms with Crippen molar-refractivity contribution in [1.82, 2.24) is 5.16 Å². The van der Waals surface area contributed by atoms with Crippen LogP contribution in [0.25, 0.3) is 11.5 Å². The van der Waals surface area contributed by atoms with Gasteiger partial charge >= 0.3 is 0 Å². The van der Waals surface area contributed by atoms with Crippen molar-refractivity contribution in [2.45, 2.75) is 25.9 Å². The number of benzene rings is 1. The van der Waals surface area contributed by atoms with E-state index in [1.165, 1.54) is 25.1 Å². The fraction of sp³-hybridized carbons (Fsp3) is 0.176. The number of anilines is 1. The number of carbonyl (C=O) groups excluding carboxylic acids is 1. The fourth-order valence-corrected chi connectivity index (χ4v) is 3.22. The van der Waals surface area contributed by atoms with Gasteiger partial charge in [0.15, 0.2) is 11.5 Å². The van der Waals surface area contributed by atoms with Crippen molar-refractivity contribution in [3.63, 3.8) is 0 Å². The average molecular weight is 360 g/mol. The Labute approximate surface area is 144 Å². The van der Waals surface area contributed by atoms with Crippen LogP contribution < -0.4 is 4.72 Å². The summed E-state index contributed by atoms with van der Waals surface area (Å²) in [6, 6.07) is 9.08. The van der Waals surface area contributed by atoms with Crippen LogP contribution in [0.2, 0.25) is 0 Å². The first kappa shape index (κ1) is 17.0. The summed E-state index contributed by atoms with van der Waals surface area (Å²) >= 11 is 0. The van der Waals surface area contributed by atoms with Crippen molar-refractivity contribution >= 4 is 21.5 Å². The van der Waals surface area contributed by atoms with E-state index in [2.05, 4.69) is 9.88 Å². The number of nitrogens with one attached hydrogen (secondary N) is 1. The monoisotopic (exact) mass is 360 g/mol. The summed E-state index contributed by atoms with van der Waals surface area (Å²) in [5.74, 6) is 0.506. The zero-order valence-electron chi connectivity index (χ0n) is 13.9. The second-order valence-corrected chi connectivity index (χ2v) is 7.20. The molecule has 0 aliphatic carbocycles. The Kier molecular flexibility index (Phi) is 4.22. The molecule has 0 fully saturated rings. The van der Waals surface area contributed by atoms with Gasteiger partial charge in [0.2, 0.25) is 10.9 Å². The van der Waals surface area contributed by atoms with Gasteiger partial charge in [-0.05, 0) is 45.0 Å². The summed E-state index contributed by atoms with van der Waals surface area (Å²) < 4.78 is 38.0. The topological polar surface area (TPSA) is 102 Å². The molecule has 3 aromatic rings. The molecule has 0 saturated heterocycles. The molecule has 0 bridgehead atoms. The zero-order chi connectivity index (χ0) is 18.2. The molecule has 0 amide bonds. The van der Waals surface area contributed by atoms with Gasteiger partial charge in [-0.25, -0.2) is 0 Å². The van der Waals surface area contributed by atoms with Gasteiger partial charge in [0, 0.05) is 16.8 Å². The molecule has 130 valence electrons. The Bertz CT molecular complexity index is 1050. The van der Waals surface area contributed by atoms with E-state index in [-0.39, 0.29) is 22.3 Å². The lowest BCUT2D eigenvalue weighted by atomic mass is 10.1. The summed E-state index contributed by atoms with van der Waals surface area (Å²) in [5, 5.41) is 3.57. The quantitative estimate of drug-likeness (QED) is 0.698. The number of sulfonamides is 1. The molecule has 2 heterocycles. The lowest BCUT2D eigenvalue weighted by Gasteiger charge is -2.06. The van der Waals surface area contributed by atoms with E-state index < -0.39 is 10.0 Å². The highest BCUT2D eigenvalue weighted by Crippen LogP contribution is 2.29. The maximum Gasteiger partial charge on any atom is 0.295 e. The van der Waals surface area contributed by atoms with Crippen LogP contribution in [0.4, 0.5) is 5.69 Å². The van der Waals surface area contributed by atoms with Crippen molar-refractivity contribution in [2.75, 3.05) is 4.72 Å². The second kappa shape index (κ2) is 6.21.